The average molecular weight is 384 g/mol. The van der Waals surface area contributed by atoms with Crippen LogP contribution in [0.2, 0.25) is 0 Å². The Morgan fingerprint density at radius 3 is 3.00 bits per heavy atom. The fourth-order valence-corrected chi connectivity index (χ4v) is 3.94. The maximum absolute atomic E-state index is 12.5. The summed E-state index contributed by atoms with van der Waals surface area (Å²) in [7, 11) is 0. The summed E-state index contributed by atoms with van der Waals surface area (Å²) in [6, 6.07) is 11.5. The zero-order valence-corrected chi connectivity index (χ0v) is 15.7. The van der Waals surface area contributed by atoms with Crippen molar-refractivity contribution >= 4 is 17.7 Å². The van der Waals surface area contributed by atoms with Gasteiger partial charge < -0.3 is 14.5 Å². The van der Waals surface area contributed by atoms with Crippen molar-refractivity contribution in [3.05, 3.63) is 48.2 Å². The molecule has 1 unspecified atom stereocenters. The van der Waals surface area contributed by atoms with Crippen molar-refractivity contribution in [1.29, 1.82) is 0 Å². The van der Waals surface area contributed by atoms with E-state index in [0.717, 1.165) is 17.7 Å². The van der Waals surface area contributed by atoms with Gasteiger partial charge in [0.15, 0.2) is 16.7 Å². The number of carbonyl (C=O) groups excluding carboxylic acids is 1. The van der Waals surface area contributed by atoms with E-state index in [4.69, 9.17) is 9.15 Å². The highest BCUT2D eigenvalue weighted by atomic mass is 32.2. The van der Waals surface area contributed by atoms with E-state index in [1.807, 2.05) is 47.9 Å². The van der Waals surface area contributed by atoms with Crippen molar-refractivity contribution in [2.75, 3.05) is 12.4 Å². The first-order chi connectivity index (χ1) is 13.3. The lowest BCUT2D eigenvalue weighted by molar-refractivity contribution is -0.119. The number of aromatic nitrogens is 3. The number of nitrogens with one attached hydrogen (secondary N) is 1. The van der Waals surface area contributed by atoms with E-state index >= 15 is 0 Å². The summed E-state index contributed by atoms with van der Waals surface area (Å²) in [4.78, 5) is 12.5. The molecule has 140 valence electrons. The molecule has 8 heteroatoms. The molecule has 3 heterocycles. The standard InChI is InChI=1S/C19H20N4O3S/c1-2-23-18(16-8-5-10-25-16)21-22-19(23)27-12-17(24)20-14-9-11-26-15-7-4-3-6-13(14)15/h3-8,10,14H,2,9,11-12H2,1H3,(H,20,24). The van der Waals surface area contributed by atoms with E-state index in [-0.39, 0.29) is 17.7 Å². The molecule has 7 nitrogen and oxygen atoms in total. The van der Waals surface area contributed by atoms with Gasteiger partial charge in [-0.15, -0.1) is 10.2 Å². The highest BCUT2D eigenvalue weighted by Crippen LogP contribution is 2.31. The first-order valence-corrected chi connectivity index (χ1v) is 9.85. The van der Waals surface area contributed by atoms with E-state index in [2.05, 4.69) is 15.5 Å². The maximum atomic E-state index is 12.5. The Morgan fingerprint density at radius 1 is 1.30 bits per heavy atom. The molecule has 0 fully saturated rings. The van der Waals surface area contributed by atoms with Gasteiger partial charge in [0, 0.05) is 18.5 Å². The van der Waals surface area contributed by atoms with Crippen LogP contribution in [0.4, 0.5) is 0 Å². The molecule has 0 bridgehead atoms. The largest absolute Gasteiger partial charge is 0.493 e. The first-order valence-electron chi connectivity index (χ1n) is 8.87. The summed E-state index contributed by atoms with van der Waals surface area (Å²) in [5.74, 6) is 2.42. The van der Waals surface area contributed by atoms with Gasteiger partial charge in [-0.3, -0.25) is 9.36 Å². The van der Waals surface area contributed by atoms with Gasteiger partial charge in [0.05, 0.1) is 24.7 Å². The molecule has 0 radical (unpaired) electrons. The molecular formula is C19H20N4O3S. The zero-order chi connectivity index (χ0) is 18.6. The Labute approximate surface area is 161 Å². The number of hydrogen-bond acceptors (Lipinski definition) is 6. The number of rotatable bonds is 6. The molecule has 1 aliphatic rings. The van der Waals surface area contributed by atoms with E-state index < -0.39 is 0 Å². The first kappa shape index (κ1) is 17.7. The van der Waals surface area contributed by atoms with E-state index in [1.165, 1.54) is 11.8 Å². The molecule has 3 aromatic rings. The lowest BCUT2D eigenvalue weighted by atomic mass is 10.0. The van der Waals surface area contributed by atoms with Gasteiger partial charge in [0.2, 0.25) is 5.91 Å². The average Bonchev–Trinajstić information content (AvgIpc) is 3.36. The van der Waals surface area contributed by atoms with Crippen molar-refractivity contribution in [3.63, 3.8) is 0 Å². The van der Waals surface area contributed by atoms with Crippen molar-refractivity contribution in [2.45, 2.75) is 31.1 Å². The highest BCUT2D eigenvalue weighted by molar-refractivity contribution is 7.99. The van der Waals surface area contributed by atoms with Crippen LogP contribution in [-0.4, -0.2) is 33.0 Å². The third-order valence-corrected chi connectivity index (χ3v) is 5.37. The Bertz CT molecular complexity index is 923. The fraction of sp³-hybridized carbons (Fsp3) is 0.316. The van der Waals surface area contributed by atoms with Crippen LogP contribution in [0.5, 0.6) is 5.75 Å². The maximum Gasteiger partial charge on any atom is 0.230 e. The number of fused-ring (bicyclic) bond motifs is 1. The minimum Gasteiger partial charge on any atom is -0.493 e. The second-order valence-corrected chi connectivity index (χ2v) is 7.05. The number of benzene rings is 1. The smallest absolute Gasteiger partial charge is 0.230 e. The normalized spacial score (nSPS) is 15.8. The molecular weight excluding hydrogens is 364 g/mol. The number of amides is 1. The minimum absolute atomic E-state index is 0.0224. The molecule has 4 rings (SSSR count). The lowest BCUT2D eigenvalue weighted by Crippen LogP contribution is -2.33. The van der Waals surface area contributed by atoms with Gasteiger partial charge in [0.1, 0.15) is 5.75 Å². The summed E-state index contributed by atoms with van der Waals surface area (Å²) < 4.78 is 13.0. The third kappa shape index (κ3) is 3.71. The van der Waals surface area contributed by atoms with E-state index in [9.17, 15) is 4.79 Å². The van der Waals surface area contributed by atoms with Crippen molar-refractivity contribution in [3.8, 4) is 17.3 Å². The summed E-state index contributed by atoms with van der Waals surface area (Å²) in [6.45, 7) is 3.31. The Kier molecular flexibility index (Phi) is 5.15. The van der Waals surface area contributed by atoms with Crippen LogP contribution in [0.25, 0.3) is 11.6 Å². The van der Waals surface area contributed by atoms with Crippen LogP contribution >= 0.6 is 11.8 Å². The van der Waals surface area contributed by atoms with Crippen molar-refractivity contribution in [2.24, 2.45) is 0 Å². The molecule has 1 aliphatic heterocycles. The third-order valence-electron chi connectivity index (χ3n) is 4.40. The highest BCUT2D eigenvalue weighted by Gasteiger charge is 2.23. The molecule has 1 aromatic carbocycles. The molecule has 2 aromatic heterocycles. The quantitative estimate of drug-likeness (QED) is 0.657. The second kappa shape index (κ2) is 7.87. The molecule has 0 aliphatic carbocycles. The molecule has 0 saturated carbocycles. The van der Waals surface area contributed by atoms with Crippen molar-refractivity contribution < 1.29 is 13.9 Å². The molecule has 0 saturated heterocycles. The topological polar surface area (TPSA) is 82.2 Å². The van der Waals surface area contributed by atoms with Gasteiger partial charge >= 0.3 is 0 Å². The molecule has 1 N–H and O–H groups in total. The lowest BCUT2D eigenvalue weighted by Gasteiger charge is -2.26. The number of ether oxygens (including phenoxy) is 1. The van der Waals surface area contributed by atoms with E-state index in [1.54, 1.807) is 6.26 Å². The fourth-order valence-electron chi connectivity index (χ4n) is 3.13. The van der Waals surface area contributed by atoms with Crippen LogP contribution in [0, 0.1) is 0 Å². The van der Waals surface area contributed by atoms with Crippen LogP contribution in [-0.2, 0) is 11.3 Å². The SMILES string of the molecule is CCn1c(SCC(=O)NC2CCOc3ccccc32)nnc1-c1ccco1. The predicted molar refractivity (Wildman–Crippen MR) is 102 cm³/mol. The van der Waals surface area contributed by atoms with Gasteiger partial charge in [0.25, 0.3) is 0 Å². The van der Waals surface area contributed by atoms with E-state index in [0.29, 0.717) is 29.9 Å². The number of hydrogen-bond donors (Lipinski definition) is 1. The van der Waals surface area contributed by atoms with Gasteiger partial charge in [-0.1, -0.05) is 30.0 Å². The summed E-state index contributed by atoms with van der Waals surface area (Å²) in [5, 5.41) is 12.2. The minimum atomic E-state index is -0.0353. The Hall–Kier alpha value is -2.74. The Morgan fingerprint density at radius 2 is 2.19 bits per heavy atom. The number of carbonyl (C=O) groups is 1. The number of thioether (sulfide) groups is 1. The number of furan rings is 1. The van der Waals surface area contributed by atoms with Crippen LogP contribution in [0.3, 0.4) is 0 Å². The van der Waals surface area contributed by atoms with Crippen molar-refractivity contribution in [1.82, 2.24) is 20.1 Å². The molecule has 1 atom stereocenters. The van der Waals surface area contributed by atoms with Crippen LogP contribution < -0.4 is 10.1 Å². The van der Waals surface area contributed by atoms with Crippen LogP contribution in [0.1, 0.15) is 24.9 Å². The summed E-state index contributed by atoms with van der Waals surface area (Å²) in [6.07, 6.45) is 2.37. The zero-order valence-electron chi connectivity index (χ0n) is 14.9. The summed E-state index contributed by atoms with van der Waals surface area (Å²) >= 11 is 1.37. The predicted octanol–water partition coefficient (Wildman–Crippen LogP) is 3.29. The monoisotopic (exact) mass is 384 g/mol. The molecule has 0 spiro atoms. The van der Waals surface area contributed by atoms with Crippen LogP contribution in [0.15, 0.2) is 52.2 Å². The van der Waals surface area contributed by atoms with Gasteiger partial charge in [-0.2, -0.15) is 0 Å². The molecule has 1 amide bonds. The second-order valence-electron chi connectivity index (χ2n) is 6.11. The molecule has 27 heavy (non-hydrogen) atoms. The van der Waals surface area contributed by atoms with Gasteiger partial charge in [-0.05, 0) is 25.1 Å². The number of para-hydroxylation sites is 1. The Balaban J connectivity index is 1.41. The number of nitrogens with zero attached hydrogens (tertiary/aromatic N) is 3. The van der Waals surface area contributed by atoms with Gasteiger partial charge in [-0.25, -0.2) is 0 Å². The summed E-state index contributed by atoms with van der Waals surface area (Å²) in [5.41, 5.74) is 1.03.